The predicted molar refractivity (Wildman–Crippen MR) is 72.9 cm³/mol. The number of carbonyl (C=O) groups excluding carboxylic acids is 1. The maximum atomic E-state index is 12.0. The van der Waals surface area contributed by atoms with Crippen molar-refractivity contribution in [3.05, 3.63) is 0 Å². The summed E-state index contributed by atoms with van der Waals surface area (Å²) in [5.74, 6) is -0.0884. The molecular formula is C14H26N2O3. The Labute approximate surface area is 115 Å². The van der Waals surface area contributed by atoms with Gasteiger partial charge in [0.05, 0.1) is 18.2 Å². The first-order valence-corrected chi connectivity index (χ1v) is 7.48. The first kappa shape index (κ1) is 14.8. The zero-order chi connectivity index (χ0) is 13.6. The van der Waals surface area contributed by atoms with Crippen LogP contribution in [0.5, 0.6) is 0 Å². The van der Waals surface area contributed by atoms with E-state index >= 15 is 0 Å². The molecule has 19 heavy (non-hydrogen) atoms. The number of ether oxygens (including phenoxy) is 1. The summed E-state index contributed by atoms with van der Waals surface area (Å²) >= 11 is 0. The van der Waals surface area contributed by atoms with Crippen LogP contribution in [0.3, 0.4) is 0 Å². The summed E-state index contributed by atoms with van der Waals surface area (Å²) in [5.41, 5.74) is -0.396. The van der Waals surface area contributed by atoms with Gasteiger partial charge in [0.1, 0.15) is 6.61 Å². The van der Waals surface area contributed by atoms with Crippen LogP contribution in [0.2, 0.25) is 0 Å². The summed E-state index contributed by atoms with van der Waals surface area (Å²) in [6, 6.07) is 0. The molecule has 0 aromatic carbocycles. The second-order valence-corrected chi connectivity index (χ2v) is 5.81. The lowest BCUT2D eigenvalue weighted by atomic mass is 9.82. The molecular weight excluding hydrogens is 244 g/mol. The highest BCUT2D eigenvalue weighted by Gasteiger charge is 2.32. The van der Waals surface area contributed by atoms with Crippen molar-refractivity contribution in [1.29, 1.82) is 0 Å². The Kier molecular flexibility index (Phi) is 5.60. The fourth-order valence-electron chi connectivity index (χ4n) is 3.04. The molecule has 2 fully saturated rings. The van der Waals surface area contributed by atoms with Crippen molar-refractivity contribution in [2.45, 2.75) is 56.6 Å². The third kappa shape index (κ3) is 4.44. The van der Waals surface area contributed by atoms with Gasteiger partial charge in [-0.3, -0.25) is 4.79 Å². The number of aliphatic hydroxyl groups is 1. The number of hydrogen-bond donors (Lipinski definition) is 3. The molecule has 5 nitrogen and oxygen atoms in total. The van der Waals surface area contributed by atoms with Crippen LogP contribution in [-0.4, -0.2) is 49.0 Å². The molecule has 0 aromatic rings. The summed E-state index contributed by atoms with van der Waals surface area (Å²) in [5, 5.41) is 15.8. The van der Waals surface area contributed by atoms with Crippen molar-refractivity contribution in [2.75, 3.05) is 26.3 Å². The molecule has 0 unspecified atom stereocenters. The molecule has 1 aliphatic heterocycles. The molecule has 0 spiro atoms. The third-order valence-electron chi connectivity index (χ3n) is 4.25. The minimum absolute atomic E-state index is 0.0338. The van der Waals surface area contributed by atoms with E-state index in [1.807, 2.05) is 0 Å². The van der Waals surface area contributed by atoms with Gasteiger partial charge in [0.15, 0.2) is 0 Å². The maximum absolute atomic E-state index is 12.0. The Morgan fingerprint density at radius 2 is 1.95 bits per heavy atom. The molecule has 5 heteroatoms. The highest BCUT2D eigenvalue weighted by atomic mass is 16.5. The third-order valence-corrected chi connectivity index (χ3v) is 4.25. The largest absolute Gasteiger partial charge is 0.394 e. The van der Waals surface area contributed by atoms with Crippen LogP contribution >= 0.6 is 0 Å². The quantitative estimate of drug-likeness (QED) is 0.683. The first-order valence-electron chi connectivity index (χ1n) is 7.48. The normalized spacial score (nSPS) is 24.1. The Balaban J connectivity index is 1.72. The molecule has 2 aliphatic rings. The summed E-state index contributed by atoms with van der Waals surface area (Å²) in [6.07, 6.45) is 7.25. The molecule has 1 amide bonds. The lowest BCUT2D eigenvalue weighted by molar-refractivity contribution is -0.131. The molecule has 110 valence electrons. The van der Waals surface area contributed by atoms with Gasteiger partial charge in [0, 0.05) is 0 Å². The van der Waals surface area contributed by atoms with Crippen LogP contribution in [0.15, 0.2) is 0 Å². The van der Waals surface area contributed by atoms with Gasteiger partial charge < -0.3 is 20.5 Å². The fraction of sp³-hybridized carbons (Fsp3) is 0.929. The molecule has 2 rings (SSSR count). The van der Waals surface area contributed by atoms with Gasteiger partial charge in [-0.15, -0.1) is 0 Å². The number of amides is 1. The van der Waals surface area contributed by atoms with Crippen molar-refractivity contribution in [3.63, 3.8) is 0 Å². The van der Waals surface area contributed by atoms with E-state index in [2.05, 4.69) is 10.6 Å². The molecule has 0 atom stereocenters. The van der Waals surface area contributed by atoms with Gasteiger partial charge in [0.2, 0.25) is 5.91 Å². The second-order valence-electron chi connectivity index (χ2n) is 5.81. The highest BCUT2D eigenvalue weighted by molar-refractivity contribution is 5.78. The molecule has 1 aliphatic carbocycles. The maximum Gasteiger partial charge on any atom is 0.246 e. The molecule has 1 saturated heterocycles. The fourth-order valence-corrected chi connectivity index (χ4v) is 3.04. The van der Waals surface area contributed by atoms with E-state index in [1.165, 1.54) is 6.42 Å². The molecule has 3 N–H and O–H groups in total. The summed E-state index contributed by atoms with van der Waals surface area (Å²) < 4.78 is 5.64. The Morgan fingerprint density at radius 1 is 1.26 bits per heavy atom. The molecule has 1 saturated carbocycles. The lowest BCUT2D eigenvalue weighted by Crippen LogP contribution is -2.53. The van der Waals surface area contributed by atoms with E-state index in [-0.39, 0.29) is 25.2 Å². The van der Waals surface area contributed by atoms with E-state index in [1.54, 1.807) is 0 Å². The predicted octanol–water partition coefficient (Wildman–Crippen LogP) is 0.566. The summed E-state index contributed by atoms with van der Waals surface area (Å²) in [7, 11) is 0. The SMILES string of the molecule is O=C(COC1CCNCC1)NC1(CO)CCCCC1. The number of nitrogens with one attached hydrogen (secondary N) is 2. The van der Waals surface area contributed by atoms with E-state index in [9.17, 15) is 9.90 Å². The van der Waals surface area contributed by atoms with E-state index in [0.29, 0.717) is 0 Å². The molecule has 1 heterocycles. The van der Waals surface area contributed by atoms with Crippen LogP contribution in [0.25, 0.3) is 0 Å². The van der Waals surface area contributed by atoms with Gasteiger partial charge >= 0.3 is 0 Å². The average molecular weight is 270 g/mol. The number of piperidine rings is 1. The van der Waals surface area contributed by atoms with Crippen molar-refractivity contribution < 1.29 is 14.6 Å². The Morgan fingerprint density at radius 3 is 2.58 bits per heavy atom. The smallest absolute Gasteiger partial charge is 0.246 e. The topological polar surface area (TPSA) is 70.6 Å². The van der Waals surface area contributed by atoms with Crippen LogP contribution in [0.4, 0.5) is 0 Å². The Hall–Kier alpha value is -0.650. The lowest BCUT2D eigenvalue weighted by Gasteiger charge is -2.36. The first-order chi connectivity index (χ1) is 9.24. The number of aliphatic hydroxyl groups excluding tert-OH is 1. The highest BCUT2D eigenvalue weighted by Crippen LogP contribution is 2.27. The van der Waals surface area contributed by atoms with Crippen LogP contribution in [-0.2, 0) is 9.53 Å². The monoisotopic (exact) mass is 270 g/mol. The van der Waals surface area contributed by atoms with Crippen LogP contribution in [0.1, 0.15) is 44.9 Å². The van der Waals surface area contributed by atoms with Crippen LogP contribution in [0, 0.1) is 0 Å². The average Bonchev–Trinajstić information content (AvgIpc) is 2.47. The molecule has 0 aromatic heterocycles. The number of hydrogen-bond acceptors (Lipinski definition) is 4. The van der Waals surface area contributed by atoms with Crippen molar-refractivity contribution in [2.24, 2.45) is 0 Å². The van der Waals surface area contributed by atoms with Crippen molar-refractivity contribution in [3.8, 4) is 0 Å². The van der Waals surface area contributed by atoms with Gasteiger partial charge in [-0.1, -0.05) is 19.3 Å². The van der Waals surface area contributed by atoms with Gasteiger partial charge in [-0.25, -0.2) is 0 Å². The van der Waals surface area contributed by atoms with Gasteiger partial charge in [-0.2, -0.15) is 0 Å². The van der Waals surface area contributed by atoms with Gasteiger partial charge in [-0.05, 0) is 38.8 Å². The second kappa shape index (κ2) is 7.22. The van der Waals surface area contributed by atoms with E-state index in [4.69, 9.17) is 4.74 Å². The summed E-state index contributed by atoms with van der Waals surface area (Å²) in [6.45, 7) is 2.08. The zero-order valence-corrected chi connectivity index (χ0v) is 11.6. The van der Waals surface area contributed by atoms with E-state index < -0.39 is 5.54 Å². The standard InChI is InChI=1S/C14H26N2O3/c17-11-14(6-2-1-3-7-14)16-13(18)10-19-12-4-8-15-9-5-12/h12,15,17H,1-11H2,(H,16,18). The number of carbonyl (C=O) groups is 1. The van der Waals surface area contributed by atoms with Crippen molar-refractivity contribution >= 4 is 5.91 Å². The number of rotatable bonds is 5. The summed E-state index contributed by atoms with van der Waals surface area (Å²) in [4.78, 5) is 12.0. The Bertz CT molecular complexity index is 284. The minimum Gasteiger partial charge on any atom is -0.394 e. The van der Waals surface area contributed by atoms with E-state index in [0.717, 1.165) is 51.6 Å². The molecule has 0 radical (unpaired) electrons. The molecule has 0 bridgehead atoms. The van der Waals surface area contributed by atoms with Crippen LogP contribution < -0.4 is 10.6 Å². The van der Waals surface area contributed by atoms with Gasteiger partial charge in [0.25, 0.3) is 0 Å². The minimum atomic E-state index is -0.396. The van der Waals surface area contributed by atoms with Crippen molar-refractivity contribution in [1.82, 2.24) is 10.6 Å². The zero-order valence-electron chi connectivity index (χ0n) is 11.6.